The molecule has 0 aromatic rings. The molecule has 0 bridgehead atoms. The normalized spacial score (nSPS) is 12.3. The van der Waals surface area contributed by atoms with Crippen LogP contribution < -0.4 is 16.0 Å². The lowest BCUT2D eigenvalue weighted by atomic mass is 10.1. The van der Waals surface area contributed by atoms with Crippen LogP contribution in [0.5, 0.6) is 0 Å². The maximum Gasteiger partial charge on any atom is 0.242 e. The lowest BCUT2D eigenvalue weighted by molar-refractivity contribution is -0.129. The van der Waals surface area contributed by atoms with Crippen molar-refractivity contribution in [2.75, 3.05) is 18.8 Å². The standard InChI is InChI=1S/C23H39N3O6S/c1-17(15-27)9-4-6-14-25-23(32)20(26-21(30)12-8-10-18(2)28)11-5-7-13-24-22(31)16-33-19(3)29/h15,17,20H,4-14,16H2,1-3H3,(H,24,31)(H,25,32)(H,26,30)/t17-,20-/m0/s1. The van der Waals surface area contributed by atoms with Crippen molar-refractivity contribution in [1.29, 1.82) is 0 Å². The van der Waals surface area contributed by atoms with Gasteiger partial charge in [0.1, 0.15) is 18.1 Å². The highest BCUT2D eigenvalue weighted by Crippen LogP contribution is 2.06. The van der Waals surface area contributed by atoms with E-state index in [9.17, 15) is 28.8 Å². The van der Waals surface area contributed by atoms with Crippen molar-refractivity contribution in [2.24, 2.45) is 5.92 Å². The van der Waals surface area contributed by atoms with Gasteiger partial charge in [0.05, 0.1) is 5.75 Å². The summed E-state index contributed by atoms with van der Waals surface area (Å²) in [5.41, 5.74) is 0. The molecule has 0 unspecified atom stereocenters. The molecule has 3 N–H and O–H groups in total. The van der Waals surface area contributed by atoms with Gasteiger partial charge in [-0.3, -0.25) is 19.2 Å². The van der Waals surface area contributed by atoms with E-state index in [2.05, 4.69) is 16.0 Å². The van der Waals surface area contributed by atoms with Crippen molar-refractivity contribution >= 4 is 46.7 Å². The van der Waals surface area contributed by atoms with Crippen molar-refractivity contribution in [2.45, 2.75) is 84.6 Å². The Balaban J connectivity index is 4.46. The number of carbonyl (C=O) groups is 6. The lowest BCUT2D eigenvalue weighted by Gasteiger charge is -2.19. The number of hydrogen-bond donors (Lipinski definition) is 3. The minimum absolute atomic E-state index is 0.00397. The van der Waals surface area contributed by atoms with Gasteiger partial charge in [-0.2, -0.15) is 0 Å². The second-order valence-corrected chi connectivity index (χ2v) is 9.35. The van der Waals surface area contributed by atoms with E-state index in [1.54, 1.807) is 0 Å². The van der Waals surface area contributed by atoms with Crippen molar-refractivity contribution in [3.63, 3.8) is 0 Å². The van der Waals surface area contributed by atoms with Crippen LogP contribution in [-0.4, -0.2) is 59.8 Å². The molecule has 0 spiro atoms. The Labute approximate surface area is 201 Å². The fourth-order valence-corrected chi connectivity index (χ4v) is 3.38. The number of unbranched alkanes of at least 4 members (excludes halogenated alkanes) is 2. The van der Waals surface area contributed by atoms with Gasteiger partial charge in [-0.05, 0) is 45.4 Å². The summed E-state index contributed by atoms with van der Waals surface area (Å²) in [4.78, 5) is 69.0. The molecule has 0 aromatic carbocycles. The van der Waals surface area contributed by atoms with Crippen LogP contribution in [0.2, 0.25) is 0 Å². The molecule has 33 heavy (non-hydrogen) atoms. The van der Waals surface area contributed by atoms with Crippen molar-refractivity contribution in [3.05, 3.63) is 0 Å². The topological polar surface area (TPSA) is 139 Å². The van der Waals surface area contributed by atoms with Crippen LogP contribution in [0.15, 0.2) is 0 Å². The Morgan fingerprint density at radius 3 is 2.06 bits per heavy atom. The second kappa shape index (κ2) is 19.3. The molecule has 0 saturated heterocycles. The fourth-order valence-electron chi connectivity index (χ4n) is 2.95. The number of Topliss-reactive ketones (excluding diaryl/α,β-unsaturated/α-hetero) is 1. The van der Waals surface area contributed by atoms with Crippen molar-refractivity contribution < 1.29 is 28.8 Å². The summed E-state index contributed by atoms with van der Waals surface area (Å²) in [7, 11) is 0. The molecule has 0 rings (SSSR count). The highest BCUT2D eigenvalue weighted by molar-refractivity contribution is 8.14. The molecule has 0 aliphatic carbocycles. The maximum atomic E-state index is 12.6. The zero-order valence-corrected chi connectivity index (χ0v) is 20.9. The van der Waals surface area contributed by atoms with Crippen LogP contribution in [0.1, 0.15) is 78.6 Å². The van der Waals surface area contributed by atoms with Gasteiger partial charge < -0.3 is 25.5 Å². The van der Waals surface area contributed by atoms with E-state index in [0.717, 1.165) is 37.3 Å². The third kappa shape index (κ3) is 19.0. The van der Waals surface area contributed by atoms with E-state index in [1.165, 1.54) is 13.8 Å². The SMILES string of the molecule is CC(=O)CCCC(=O)N[C@@H](CCCCNC(=O)CSC(C)=O)C(=O)NCCCC[C@H](C)C=O. The summed E-state index contributed by atoms with van der Waals surface area (Å²) in [6.07, 6.45) is 5.86. The van der Waals surface area contributed by atoms with Crippen LogP contribution in [0.25, 0.3) is 0 Å². The average molecular weight is 486 g/mol. The van der Waals surface area contributed by atoms with Gasteiger partial charge in [0.2, 0.25) is 17.7 Å². The third-order valence-corrected chi connectivity index (χ3v) is 5.66. The first kappa shape index (κ1) is 30.8. The number of nitrogens with one attached hydrogen (secondary N) is 3. The monoisotopic (exact) mass is 485 g/mol. The highest BCUT2D eigenvalue weighted by atomic mass is 32.2. The molecule has 0 aromatic heterocycles. The van der Waals surface area contributed by atoms with E-state index < -0.39 is 6.04 Å². The minimum Gasteiger partial charge on any atom is -0.355 e. The number of thioether (sulfide) groups is 1. The van der Waals surface area contributed by atoms with Gasteiger partial charge in [0.15, 0.2) is 5.12 Å². The summed E-state index contributed by atoms with van der Waals surface area (Å²) in [5, 5.41) is 8.21. The number of hydrogen-bond acceptors (Lipinski definition) is 7. The predicted octanol–water partition coefficient (Wildman–Crippen LogP) is 1.92. The van der Waals surface area contributed by atoms with Gasteiger partial charge in [0.25, 0.3) is 0 Å². The van der Waals surface area contributed by atoms with Crippen LogP contribution in [0, 0.1) is 5.92 Å². The molecule has 0 saturated carbocycles. The third-order valence-electron chi connectivity index (χ3n) is 4.85. The van der Waals surface area contributed by atoms with E-state index in [0.29, 0.717) is 45.2 Å². The number of ketones is 1. The summed E-state index contributed by atoms with van der Waals surface area (Å²) in [5.74, 6) is -0.644. The Morgan fingerprint density at radius 1 is 0.818 bits per heavy atom. The zero-order chi connectivity index (χ0) is 25.1. The van der Waals surface area contributed by atoms with Gasteiger partial charge in [-0.25, -0.2) is 0 Å². The van der Waals surface area contributed by atoms with E-state index in [4.69, 9.17) is 0 Å². The highest BCUT2D eigenvalue weighted by Gasteiger charge is 2.20. The molecule has 9 nitrogen and oxygen atoms in total. The van der Waals surface area contributed by atoms with E-state index in [-0.39, 0.29) is 46.7 Å². The Hall–Kier alpha value is -2.23. The van der Waals surface area contributed by atoms with Gasteiger partial charge in [0, 0.05) is 38.8 Å². The molecule has 0 aliphatic heterocycles. The zero-order valence-electron chi connectivity index (χ0n) is 20.1. The molecular weight excluding hydrogens is 446 g/mol. The maximum absolute atomic E-state index is 12.6. The molecule has 10 heteroatoms. The molecule has 188 valence electrons. The summed E-state index contributed by atoms with van der Waals surface area (Å²) in [6.45, 7) is 5.62. The van der Waals surface area contributed by atoms with Crippen LogP contribution in [0.3, 0.4) is 0 Å². The first-order valence-electron chi connectivity index (χ1n) is 11.6. The molecule has 0 fully saturated rings. The smallest absolute Gasteiger partial charge is 0.242 e. The van der Waals surface area contributed by atoms with Crippen molar-refractivity contribution in [3.8, 4) is 0 Å². The van der Waals surface area contributed by atoms with Crippen molar-refractivity contribution in [1.82, 2.24) is 16.0 Å². The summed E-state index contributed by atoms with van der Waals surface area (Å²) >= 11 is 0.951. The first-order chi connectivity index (χ1) is 15.6. The molecule has 0 radical (unpaired) electrons. The average Bonchev–Trinajstić information content (AvgIpc) is 2.75. The summed E-state index contributed by atoms with van der Waals surface area (Å²) in [6, 6.07) is -0.687. The molecule has 0 heterocycles. The van der Waals surface area contributed by atoms with Gasteiger partial charge >= 0.3 is 0 Å². The van der Waals surface area contributed by atoms with E-state index in [1.807, 2.05) is 6.92 Å². The second-order valence-electron chi connectivity index (χ2n) is 8.20. The van der Waals surface area contributed by atoms with Gasteiger partial charge in [-0.1, -0.05) is 25.1 Å². The molecule has 3 amide bonds. The number of amides is 3. The Morgan fingerprint density at radius 2 is 1.45 bits per heavy atom. The number of carbonyl (C=O) groups excluding carboxylic acids is 6. The van der Waals surface area contributed by atoms with Crippen LogP contribution in [-0.2, 0) is 28.8 Å². The Kier molecular flexibility index (Phi) is 18.0. The van der Waals surface area contributed by atoms with E-state index >= 15 is 0 Å². The largest absolute Gasteiger partial charge is 0.355 e. The molecule has 2 atom stereocenters. The predicted molar refractivity (Wildman–Crippen MR) is 129 cm³/mol. The van der Waals surface area contributed by atoms with Gasteiger partial charge in [-0.15, -0.1) is 0 Å². The van der Waals surface area contributed by atoms with Crippen LogP contribution in [0.4, 0.5) is 0 Å². The minimum atomic E-state index is -0.687. The molecular formula is C23H39N3O6S. The van der Waals surface area contributed by atoms with Crippen LogP contribution >= 0.6 is 11.8 Å². The number of aldehydes is 1. The number of rotatable bonds is 19. The quantitative estimate of drug-likeness (QED) is 0.188. The fraction of sp³-hybridized carbons (Fsp3) is 0.739. The summed E-state index contributed by atoms with van der Waals surface area (Å²) < 4.78 is 0. The Bertz CT molecular complexity index is 656. The lowest BCUT2D eigenvalue weighted by Crippen LogP contribution is -2.47. The first-order valence-corrected chi connectivity index (χ1v) is 12.6. The molecule has 0 aliphatic rings.